The van der Waals surface area contributed by atoms with Gasteiger partial charge in [0.15, 0.2) is 5.82 Å². The molecule has 1 atom stereocenters. The summed E-state index contributed by atoms with van der Waals surface area (Å²) in [5.74, 6) is -1.92. The van der Waals surface area contributed by atoms with Gasteiger partial charge in [0.1, 0.15) is 0 Å². The van der Waals surface area contributed by atoms with Gasteiger partial charge in [-0.3, -0.25) is 14.4 Å². The van der Waals surface area contributed by atoms with Gasteiger partial charge < -0.3 is 15.4 Å². The molecule has 0 aliphatic heterocycles. The number of nitrogens with zero attached hydrogens (tertiary/aromatic N) is 2. The van der Waals surface area contributed by atoms with Gasteiger partial charge in [0.05, 0.1) is 19.2 Å². The number of hydrogen-bond acceptors (Lipinski definition) is 5. The molecule has 24 heavy (non-hydrogen) atoms. The molecule has 2 amide bonds. The highest BCUT2D eigenvalue weighted by molar-refractivity contribution is 6.39. The van der Waals surface area contributed by atoms with Crippen molar-refractivity contribution in [1.82, 2.24) is 15.1 Å². The van der Waals surface area contributed by atoms with Crippen LogP contribution < -0.4 is 10.6 Å². The molecule has 0 saturated heterocycles. The van der Waals surface area contributed by atoms with Crippen LogP contribution in [0.15, 0.2) is 42.6 Å². The van der Waals surface area contributed by atoms with Crippen molar-refractivity contribution in [2.45, 2.75) is 19.4 Å². The van der Waals surface area contributed by atoms with Crippen LogP contribution >= 0.6 is 0 Å². The van der Waals surface area contributed by atoms with Gasteiger partial charge in [0.2, 0.25) is 0 Å². The first-order valence-electron chi connectivity index (χ1n) is 7.29. The second-order valence-corrected chi connectivity index (χ2v) is 5.09. The maximum Gasteiger partial charge on any atom is 0.314 e. The number of anilines is 1. The fraction of sp³-hybridized carbons (Fsp3) is 0.250. The highest BCUT2D eigenvalue weighted by atomic mass is 16.5. The van der Waals surface area contributed by atoms with E-state index in [9.17, 15) is 14.4 Å². The minimum absolute atomic E-state index is 0.0157. The summed E-state index contributed by atoms with van der Waals surface area (Å²) in [6, 6.07) is 10.4. The van der Waals surface area contributed by atoms with Crippen molar-refractivity contribution in [2.24, 2.45) is 0 Å². The van der Waals surface area contributed by atoms with Crippen LogP contribution in [-0.2, 0) is 19.1 Å². The largest absolute Gasteiger partial charge is 0.469 e. The first-order valence-corrected chi connectivity index (χ1v) is 7.29. The summed E-state index contributed by atoms with van der Waals surface area (Å²) in [6.07, 6.45) is 1.65. The molecule has 8 heteroatoms. The lowest BCUT2D eigenvalue weighted by Gasteiger charge is -2.11. The molecular weight excluding hydrogens is 312 g/mol. The fourth-order valence-corrected chi connectivity index (χ4v) is 1.96. The van der Waals surface area contributed by atoms with Crippen molar-refractivity contribution in [3.8, 4) is 5.69 Å². The molecular formula is C16H18N4O4. The van der Waals surface area contributed by atoms with E-state index in [1.165, 1.54) is 7.11 Å². The zero-order chi connectivity index (χ0) is 17.5. The number of esters is 1. The molecule has 0 radical (unpaired) electrons. The molecule has 2 N–H and O–H groups in total. The number of methoxy groups -OCH3 is 1. The molecule has 1 heterocycles. The Morgan fingerprint density at radius 2 is 1.88 bits per heavy atom. The molecule has 2 aromatic rings. The summed E-state index contributed by atoms with van der Waals surface area (Å²) in [4.78, 5) is 34.8. The highest BCUT2D eigenvalue weighted by Gasteiger charge is 2.19. The maximum absolute atomic E-state index is 11.9. The van der Waals surface area contributed by atoms with Gasteiger partial charge in [-0.05, 0) is 19.1 Å². The number of ether oxygens (including phenoxy) is 1. The average Bonchev–Trinajstić information content (AvgIpc) is 3.03. The molecule has 1 aromatic heterocycles. The molecule has 1 aromatic carbocycles. The Bertz CT molecular complexity index is 727. The van der Waals surface area contributed by atoms with Crippen LogP contribution in [0.1, 0.15) is 13.3 Å². The van der Waals surface area contributed by atoms with Crippen LogP contribution in [-0.4, -0.2) is 40.7 Å². The first kappa shape index (κ1) is 17.2. The van der Waals surface area contributed by atoms with Crippen LogP contribution in [0.5, 0.6) is 0 Å². The standard InChI is InChI=1S/C16H18N4O4/c1-11(10-14(21)24-2)17-15(22)16(23)18-13-8-9-20(19-13)12-6-4-3-5-7-12/h3-9,11H,10H2,1-2H3,(H,17,22)(H,18,19,23)/t11-/m1/s1. The van der Waals surface area contributed by atoms with Crippen molar-refractivity contribution in [1.29, 1.82) is 0 Å². The van der Waals surface area contributed by atoms with Crippen molar-refractivity contribution in [2.75, 3.05) is 12.4 Å². The van der Waals surface area contributed by atoms with E-state index in [-0.39, 0.29) is 12.2 Å². The molecule has 0 aliphatic carbocycles. The number of para-hydroxylation sites is 1. The second-order valence-electron chi connectivity index (χ2n) is 5.09. The summed E-state index contributed by atoms with van der Waals surface area (Å²) in [5.41, 5.74) is 0.828. The van der Waals surface area contributed by atoms with Crippen LogP contribution in [0.3, 0.4) is 0 Å². The van der Waals surface area contributed by atoms with Gasteiger partial charge in [-0.1, -0.05) is 18.2 Å². The third kappa shape index (κ3) is 4.67. The van der Waals surface area contributed by atoms with E-state index in [4.69, 9.17) is 0 Å². The Hall–Kier alpha value is -3.16. The lowest BCUT2D eigenvalue weighted by molar-refractivity contribution is -0.142. The zero-order valence-corrected chi connectivity index (χ0v) is 13.4. The SMILES string of the molecule is COC(=O)C[C@@H](C)NC(=O)C(=O)Nc1ccn(-c2ccccc2)n1. The topological polar surface area (TPSA) is 102 Å². The number of hydrogen-bond donors (Lipinski definition) is 2. The molecule has 8 nitrogen and oxygen atoms in total. The normalized spacial score (nSPS) is 11.4. The van der Waals surface area contributed by atoms with E-state index >= 15 is 0 Å². The molecule has 0 fully saturated rings. The lowest BCUT2D eigenvalue weighted by Crippen LogP contribution is -2.41. The van der Waals surface area contributed by atoms with Crippen molar-refractivity contribution >= 4 is 23.6 Å². The molecule has 2 rings (SSSR count). The summed E-state index contributed by atoms with van der Waals surface area (Å²) in [7, 11) is 1.26. The number of rotatable bonds is 5. The van der Waals surface area contributed by atoms with Gasteiger partial charge >= 0.3 is 17.8 Å². The van der Waals surface area contributed by atoms with Gasteiger partial charge in [0, 0.05) is 18.3 Å². The van der Waals surface area contributed by atoms with Gasteiger partial charge in [-0.15, -0.1) is 0 Å². The van der Waals surface area contributed by atoms with E-state index in [0.717, 1.165) is 5.69 Å². The van der Waals surface area contributed by atoms with E-state index in [1.807, 2.05) is 30.3 Å². The monoisotopic (exact) mass is 330 g/mol. The highest BCUT2D eigenvalue weighted by Crippen LogP contribution is 2.09. The molecule has 0 spiro atoms. The number of aromatic nitrogens is 2. The summed E-state index contributed by atoms with van der Waals surface area (Å²) in [6.45, 7) is 1.60. The van der Waals surface area contributed by atoms with Crippen LogP contribution in [0, 0.1) is 0 Å². The minimum Gasteiger partial charge on any atom is -0.469 e. The van der Waals surface area contributed by atoms with Gasteiger partial charge in [-0.2, -0.15) is 5.10 Å². The third-order valence-corrected chi connectivity index (χ3v) is 3.14. The van der Waals surface area contributed by atoms with Crippen LogP contribution in [0.2, 0.25) is 0 Å². The number of carbonyl (C=O) groups is 3. The van der Waals surface area contributed by atoms with Crippen molar-refractivity contribution < 1.29 is 19.1 Å². The predicted octanol–water partition coefficient (Wildman–Crippen LogP) is 0.879. The van der Waals surface area contributed by atoms with E-state index < -0.39 is 23.8 Å². The minimum atomic E-state index is -0.856. The van der Waals surface area contributed by atoms with Crippen LogP contribution in [0.4, 0.5) is 5.82 Å². The van der Waals surface area contributed by atoms with E-state index in [0.29, 0.717) is 0 Å². The van der Waals surface area contributed by atoms with Crippen LogP contribution in [0.25, 0.3) is 5.69 Å². The quantitative estimate of drug-likeness (QED) is 0.626. The van der Waals surface area contributed by atoms with E-state index in [2.05, 4.69) is 20.5 Å². The Morgan fingerprint density at radius 1 is 1.17 bits per heavy atom. The fourth-order valence-electron chi connectivity index (χ4n) is 1.96. The smallest absolute Gasteiger partial charge is 0.314 e. The summed E-state index contributed by atoms with van der Waals surface area (Å²) in [5, 5.41) is 9.00. The molecule has 126 valence electrons. The lowest BCUT2D eigenvalue weighted by atomic mass is 10.2. The predicted molar refractivity (Wildman–Crippen MR) is 86.4 cm³/mol. The number of carbonyl (C=O) groups excluding carboxylic acids is 3. The van der Waals surface area contributed by atoms with E-state index in [1.54, 1.807) is 23.9 Å². The summed E-state index contributed by atoms with van der Waals surface area (Å²) < 4.78 is 6.08. The Morgan fingerprint density at radius 3 is 2.54 bits per heavy atom. The Balaban J connectivity index is 1.91. The molecule has 0 saturated carbocycles. The van der Waals surface area contributed by atoms with Gasteiger partial charge in [-0.25, -0.2) is 4.68 Å². The molecule has 0 bridgehead atoms. The van der Waals surface area contributed by atoms with Crippen molar-refractivity contribution in [3.05, 3.63) is 42.6 Å². The number of benzene rings is 1. The number of amides is 2. The maximum atomic E-state index is 11.9. The average molecular weight is 330 g/mol. The molecule has 0 aliphatic rings. The number of nitrogens with one attached hydrogen (secondary N) is 2. The summed E-state index contributed by atoms with van der Waals surface area (Å²) >= 11 is 0. The Kier molecular flexibility index (Phi) is 5.67. The zero-order valence-electron chi connectivity index (χ0n) is 13.4. The second kappa shape index (κ2) is 7.91. The Labute approximate surface area is 138 Å². The first-order chi connectivity index (χ1) is 11.5. The van der Waals surface area contributed by atoms with Gasteiger partial charge in [0.25, 0.3) is 0 Å². The third-order valence-electron chi connectivity index (χ3n) is 3.14. The van der Waals surface area contributed by atoms with Crippen molar-refractivity contribution in [3.63, 3.8) is 0 Å². The molecule has 0 unspecified atom stereocenters.